The zero-order valence-corrected chi connectivity index (χ0v) is 13.0. The molecule has 0 radical (unpaired) electrons. The lowest BCUT2D eigenvalue weighted by Crippen LogP contribution is -2.18. The molecule has 2 rings (SSSR count). The van der Waals surface area contributed by atoms with E-state index < -0.39 is 10.0 Å². The molecule has 0 bridgehead atoms. The molecule has 2 aromatic rings. The number of nitrogens with two attached hydrogens (primary N) is 1. The lowest BCUT2D eigenvalue weighted by Gasteiger charge is -2.14. The van der Waals surface area contributed by atoms with Gasteiger partial charge in [0.05, 0.1) is 10.6 Å². The molecule has 0 aliphatic carbocycles. The quantitative estimate of drug-likeness (QED) is 0.851. The minimum absolute atomic E-state index is 0.108. The number of benzene rings is 2. The second-order valence-corrected chi connectivity index (χ2v) is 6.62. The predicted octanol–water partition coefficient (Wildman–Crippen LogP) is 2.59. The van der Waals surface area contributed by atoms with Gasteiger partial charge in [0, 0.05) is 0 Å². The van der Waals surface area contributed by atoms with E-state index in [-0.39, 0.29) is 10.6 Å². The molecule has 0 spiro atoms. The molecule has 0 aliphatic heterocycles. The third-order valence-corrected chi connectivity index (χ3v) is 4.59. The first-order valence-corrected chi connectivity index (χ1v) is 7.90. The number of anilines is 1. The van der Waals surface area contributed by atoms with Crippen molar-refractivity contribution in [3.05, 3.63) is 47.5 Å². The Morgan fingerprint density at radius 2 is 1.71 bits per heavy atom. The Morgan fingerprint density at radius 1 is 1.10 bits per heavy atom. The SMILES string of the molecule is CNS(=O)(=O)c1ccc(Oc2c(C)cccc2C)c(N)c1. The molecule has 0 heterocycles. The van der Waals surface area contributed by atoms with Crippen LogP contribution in [-0.4, -0.2) is 15.5 Å². The Kier molecular flexibility index (Phi) is 4.20. The summed E-state index contributed by atoms with van der Waals surface area (Å²) in [6.45, 7) is 3.89. The Hall–Kier alpha value is -2.05. The topological polar surface area (TPSA) is 81.4 Å². The maximum atomic E-state index is 11.7. The minimum atomic E-state index is -3.51. The zero-order valence-electron chi connectivity index (χ0n) is 12.2. The maximum absolute atomic E-state index is 11.7. The van der Waals surface area contributed by atoms with Crippen molar-refractivity contribution in [1.82, 2.24) is 4.72 Å². The van der Waals surface area contributed by atoms with Gasteiger partial charge in [-0.3, -0.25) is 0 Å². The van der Waals surface area contributed by atoms with Crippen molar-refractivity contribution in [1.29, 1.82) is 0 Å². The zero-order chi connectivity index (χ0) is 15.6. The molecule has 0 aliphatic rings. The van der Waals surface area contributed by atoms with Gasteiger partial charge in [-0.1, -0.05) is 18.2 Å². The van der Waals surface area contributed by atoms with E-state index in [0.717, 1.165) is 16.9 Å². The molecular formula is C15H18N2O3S. The van der Waals surface area contributed by atoms with Crippen molar-refractivity contribution in [2.45, 2.75) is 18.7 Å². The van der Waals surface area contributed by atoms with Crippen molar-refractivity contribution in [2.75, 3.05) is 12.8 Å². The third-order valence-electron chi connectivity index (χ3n) is 3.18. The largest absolute Gasteiger partial charge is 0.455 e. The average Bonchev–Trinajstić information content (AvgIpc) is 2.44. The molecule has 0 atom stereocenters. The summed E-state index contributed by atoms with van der Waals surface area (Å²) in [4.78, 5) is 0.108. The number of ether oxygens (including phenoxy) is 1. The van der Waals surface area contributed by atoms with Gasteiger partial charge in [-0.25, -0.2) is 13.1 Å². The van der Waals surface area contributed by atoms with Crippen LogP contribution in [0.4, 0.5) is 5.69 Å². The number of hydrogen-bond acceptors (Lipinski definition) is 4. The molecule has 2 aromatic carbocycles. The van der Waals surface area contributed by atoms with E-state index in [0.29, 0.717) is 5.75 Å². The molecule has 3 N–H and O–H groups in total. The van der Waals surface area contributed by atoms with Crippen molar-refractivity contribution >= 4 is 15.7 Å². The molecule has 0 saturated heterocycles. The highest BCUT2D eigenvalue weighted by molar-refractivity contribution is 7.89. The van der Waals surface area contributed by atoms with Crippen molar-refractivity contribution in [3.8, 4) is 11.5 Å². The van der Waals surface area contributed by atoms with Crippen LogP contribution in [-0.2, 0) is 10.0 Å². The normalized spacial score (nSPS) is 11.4. The van der Waals surface area contributed by atoms with Gasteiger partial charge in [0.1, 0.15) is 11.5 Å². The van der Waals surface area contributed by atoms with E-state index in [4.69, 9.17) is 10.5 Å². The van der Waals surface area contributed by atoms with Gasteiger partial charge in [-0.15, -0.1) is 0 Å². The number of para-hydroxylation sites is 1. The van der Waals surface area contributed by atoms with E-state index >= 15 is 0 Å². The van der Waals surface area contributed by atoms with Gasteiger partial charge < -0.3 is 10.5 Å². The molecule has 0 fully saturated rings. The fourth-order valence-electron chi connectivity index (χ4n) is 1.97. The Bertz CT molecular complexity index is 750. The molecule has 0 saturated carbocycles. The number of nitrogens with one attached hydrogen (secondary N) is 1. The first kappa shape index (κ1) is 15.3. The summed E-state index contributed by atoms with van der Waals surface area (Å²) in [6, 6.07) is 10.2. The van der Waals surface area contributed by atoms with Gasteiger partial charge in [-0.2, -0.15) is 0 Å². The fourth-order valence-corrected chi connectivity index (χ4v) is 2.74. The standard InChI is InChI=1S/C15H18N2O3S/c1-10-5-4-6-11(2)15(10)20-14-8-7-12(9-13(14)16)21(18,19)17-3/h4-9,17H,16H2,1-3H3. The summed E-state index contributed by atoms with van der Waals surface area (Å²) < 4.78 is 31.5. The second kappa shape index (κ2) is 5.75. The van der Waals surface area contributed by atoms with Crippen LogP contribution in [0.25, 0.3) is 0 Å². The van der Waals surface area contributed by atoms with Crippen LogP contribution in [0.2, 0.25) is 0 Å². The molecule has 5 nitrogen and oxygen atoms in total. The van der Waals surface area contributed by atoms with Gasteiger partial charge in [-0.05, 0) is 50.2 Å². The number of sulfonamides is 1. The van der Waals surface area contributed by atoms with Gasteiger partial charge in [0.25, 0.3) is 0 Å². The molecule has 0 amide bonds. The Morgan fingerprint density at radius 3 is 2.24 bits per heavy atom. The van der Waals surface area contributed by atoms with Gasteiger partial charge in [0.2, 0.25) is 10.0 Å². The summed E-state index contributed by atoms with van der Waals surface area (Å²) in [5, 5.41) is 0. The summed E-state index contributed by atoms with van der Waals surface area (Å²) in [5.74, 6) is 1.16. The molecule has 112 valence electrons. The van der Waals surface area contributed by atoms with E-state index in [1.54, 1.807) is 6.07 Å². The van der Waals surface area contributed by atoms with Crippen LogP contribution in [0.15, 0.2) is 41.3 Å². The van der Waals surface area contributed by atoms with Crippen molar-refractivity contribution < 1.29 is 13.2 Å². The van der Waals surface area contributed by atoms with Crippen LogP contribution < -0.4 is 15.2 Å². The van der Waals surface area contributed by atoms with Crippen LogP contribution >= 0.6 is 0 Å². The monoisotopic (exact) mass is 306 g/mol. The van der Waals surface area contributed by atoms with Crippen LogP contribution in [0, 0.1) is 13.8 Å². The Labute approximate surface area is 124 Å². The minimum Gasteiger partial charge on any atom is -0.455 e. The highest BCUT2D eigenvalue weighted by Crippen LogP contribution is 2.33. The van der Waals surface area contributed by atoms with Crippen LogP contribution in [0.3, 0.4) is 0 Å². The number of nitrogen functional groups attached to an aromatic ring is 1. The summed E-state index contributed by atoms with van der Waals surface area (Å²) in [6.07, 6.45) is 0. The second-order valence-electron chi connectivity index (χ2n) is 4.73. The lowest BCUT2D eigenvalue weighted by atomic mass is 10.1. The number of rotatable bonds is 4. The average molecular weight is 306 g/mol. The lowest BCUT2D eigenvalue weighted by molar-refractivity contribution is 0.477. The Balaban J connectivity index is 2.39. The van der Waals surface area contributed by atoms with Crippen LogP contribution in [0.1, 0.15) is 11.1 Å². The smallest absolute Gasteiger partial charge is 0.240 e. The number of hydrogen-bond donors (Lipinski definition) is 2. The number of aryl methyl sites for hydroxylation is 2. The molecular weight excluding hydrogens is 288 g/mol. The molecule has 21 heavy (non-hydrogen) atoms. The highest BCUT2D eigenvalue weighted by atomic mass is 32.2. The third kappa shape index (κ3) is 3.17. The summed E-state index contributed by atoms with van der Waals surface area (Å²) in [5.41, 5.74) is 8.15. The maximum Gasteiger partial charge on any atom is 0.240 e. The van der Waals surface area contributed by atoms with Crippen molar-refractivity contribution in [2.24, 2.45) is 0 Å². The van der Waals surface area contributed by atoms with E-state index in [1.165, 1.54) is 19.2 Å². The highest BCUT2D eigenvalue weighted by Gasteiger charge is 2.14. The van der Waals surface area contributed by atoms with Crippen molar-refractivity contribution in [3.63, 3.8) is 0 Å². The first-order chi connectivity index (χ1) is 9.85. The van der Waals surface area contributed by atoms with Gasteiger partial charge in [0.15, 0.2) is 0 Å². The summed E-state index contributed by atoms with van der Waals surface area (Å²) >= 11 is 0. The molecule has 0 unspecified atom stereocenters. The van der Waals surface area contributed by atoms with Crippen LogP contribution in [0.5, 0.6) is 11.5 Å². The summed E-state index contributed by atoms with van der Waals surface area (Å²) in [7, 11) is -2.16. The van der Waals surface area contributed by atoms with E-state index in [1.807, 2.05) is 32.0 Å². The predicted molar refractivity (Wildman–Crippen MR) is 83.1 cm³/mol. The van der Waals surface area contributed by atoms with E-state index in [2.05, 4.69) is 4.72 Å². The van der Waals surface area contributed by atoms with Gasteiger partial charge >= 0.3 is 0 Å². The fraction of sp³-hybridized carbons (Fsp3) is 0.200. The molecule has 6 heteroatoms. The molecule has 0 aromatic heterocycles. The van der Waals surface area contributed by atoms with E-state index in [9.17, 15) is 8.42 Å². The first-order valence-electron chi connectivity index (χ1n) is 6.42.